The Morgan fingerprint density at radius 3 is 2.53 bits per heavy atom. The maximum absolute atomic E-state index is 5.95. The minimum absolute atomic E-state index is 0.743. The Hall–Kier alpha value is -1.32. The first kappa shape index (κ1) is 12.7. The first-order chi connectivity index (χ1) is 9.06. The number of benzene rings is 1. The fourth-order valence-electron chi connectivity index (χ4n) is 2.34. The number of rotatable bonds is 1. The number of halogens is 2. The Balaban J connectivity index is 2.34. The number of aromatic nitrogens is 2. The van der Waals surface area contributed by atoms with E-state index >= 15 is 0 Å². The van der Waals surface area contributed by atoms with Crippen molar-refractivity contribution in [3.63, 3.8) is 0 Å². The first-order valence-corrected chi connectivity index (χ1v) is 7.14. The molecule has 4 heteroatoms. The van der Waals surface area contributed by atoms with Crippen LogP contribution >= 0.6 is 27.5 Å². The Bertz CT molecular complexity index is 760. The van der Waals surface area contributed by atoms with Gasteiger partial charge >= 0.3 is 0 Å². The summed E-state index contributed by atoms with van der Waals surface area (Å²) in [5, 5.41) is 0.743. The number of imidazole rings is 1. The lowest BCUT2D eigenvalue weighted by atomic mass is 10.1. The third-order valence-corrected chi connectivity index (χ3v) is 3.85. The van der Waals surface area contributed by atoms with E-state index in [2.05, 4.69) is 38.3 Å². The van der Waals surface area contributed by atoms with Crippen LogP contribution in [0.4, 0.5) is 0 Å². The van der Waals surface area contributed by atoms with Crippen molar-refractivity contribution in [1.82, 2.24) is 9.38 Å². The van der Waals surface area contributed by atoms with Crippen molar-refractivity contribution in [2.45, 2.75) is 13.8 Å². The quantitative estimate of drug-likeness (QED) is 0.609. The number of hydrogen-bond acceptors (Lipinski definition) is 1. The van der Waals surface area contributed by atoms with E-state index in [1.54, 1.807) is 0 Å². The Morgan fingerprint density at radius 1 is 1.16 bits per heavy atom. The molecule has 0 atom stereocenters. The third kappa shape index (κ3) is 2.17. The van der Waals surface area contributed by atoms with E-state index in [0.717, 1.165) is 37.7 Å². The van der Waals surface area contributed by atoms with Gasteiger partial charge in [-0.2, -0.15) is 0 Å². The molecule has 3 aromatic rings. The second kappa shape index (κ2) is 4.66. The van der Waals surface area contributed by atoms with E-state index in [1.165, 1.54) is 0 Å². The van der Waals surface area contributed by atoms with E-state index in [4.69, 9.17) is 11.6 Å². The fraction of sp³-hybridized carbons (Fsp3) is 0.133. The summed E-state index contributed by atoms with van der Waals surface area (Å²) in [6, 6.07) is 9.93. The highest BCUT2D eigenvalue weighted by Gasteiger charge is 2.12. The van der Waals surface area contributed by atoms with Crippen LogP contribution in [0.5, 0.6) is 0 Å². The molecule has 3 rings (SSSR count). The molecule has 19 heavy (non-hydrogen) atoms. The number of nitrogens with zero attached hydrogens (tertiary/aromatic N) is 2. The SMILES string of the molecule is Cc1nc2c(C)cc(Br)cn2c1-c1ccc(Cl)cc1. The molecule has 96 valence electrons. The zero-order chi connectivity index (χ0) is 13.6. The van der Waals surface area contributed by atoms with Gasteiger partial charge in [-0.3, -0.25) is 4.40 Å². The second-order valence-electron chi connectivity index (χ2n) is 4.59. The van der Waals surface area contributed by atoms with Gasteiger partial charge < -0.3 is 0 Å². The molecule has 2 heterocycles. The van der Waals surface area contributed by atoms with Gasteiger partial charge in [-0.05, 0) is 53.5 Å². The highest BCUT2D eigenvalue weighted by atomic mass is 79.9. The highest BCUT2D eigenvalue weighted by molar-refractivity contribution is 9.10. The van der Waals surface area contributed by atoms with Crippen molar-refractivity contribution in [2.24, 2.45) is 0 Å². The normalized spacial score (nSPS) is 11.2. The van der Waals surface area contributed by atoms with Crippen LogP contribution < -0.4 is 0 Å². The van der Waals surface area contributed by atoms with Gasteiger partial charge in [0, 0.05) is 21.3 Å². The molecule has 0 spiro atoms. The minimum atomic E-state index is 0.743. The summed E-state index contributed by atoms with van der Waals surface area (Å²) in [4.78, 5) is 4.66. The molecule has 0 saturated heterocycles. The van der Waals surface area contributed by atoms with Gasteiger partial charge in [-0.25, -0.2) is 4.98 Å². The van der Waals surface area contributed by atoms with Crippen molar-refractivity contribution in [3.8, 4) is 11.3 Å². The topological polar surface area (TPSA) is 17.3 Å². The van der Waals surface area contributed by atoms with Crippen molar-refractivity contribution in [3.05, 3.63) is 57.3 Å². The number of pyridine rings is 1. The van der Waals surface area contributed by atoms with Gasteiger partial charge in [0.05, 0.1) is 11.4 Å². The molecule has 0 saturated carbocycles. The molecule has 2 nitrogen and oxygen atoms in total. The van der Waals surface area contributed by atoms with Gasteiger partial charge in [0.2, 0.25) is 0 Å². The number of aryl methyl sites for hydroxylation is 2. The summed E-state index contributed by atoms with van der Waals surface area (Å²) >= 11 is 9.49. The van der Waals surface area contributed by atoms with E-state index in [-0.39, 0.29) is 0 Å². The largest absolute Gasteiger partial charge is 0.298 e. The lowest BCUT2D eigenvalue weighted by Gasteiger charge is -2.05. The summed E-state index contributed by atoms with van der Waals surface area (Å²) in [6.07, 6.45) is 2.05. The second-order valence-corrected chi connectivity index (χ2v) is 5.94. The Morgan fingerprint density at radius 2 is 1.84 bits per heavy atom. The van der Waals surface area contributed by atoms with Gasteiger partial charge in [0.1, 0.15) is 5.65 Å². The molecule has 0 bridgehead atoms. The predicted molar refractivity (Wildman–Crippen MR) is 82.8 cm³/mol. The van der Waals surface area contributed by atoms with E-state index in [0.29, 0.717) is 0 Å². The third-order valence-electron chi connectivity index (χ3n) is 3.16. The van der Waals surface area contributed by atoms with Crippen LogP contribution in [-0.2, 0) is 0 Å². The highest BCUT2D eigenvalue weighted by Crippen LogP contribution is 2.28. The lowest BCUT2D eigenvalue weighted by molar-refractivity contribution is 1.15. The molecule has 2 aromatic heterocycles. The molecule has 0 aliphatic carbocycles. The zero-order valence-corrected chi connectivity index (χ0v) is 13.0. The lowest BCUT2D eigenvalue weighted by Crippen LogP contribution is -1.91. The van der Waals surface area contributed by atoms with Crippen LogP contribution in [-0.4, -0.2) is 9.38 Å². The molecule has 0 radical (unpaired) electrons. The standard InChI is InChI=1S/C15H12BrClN2/c1-9-7-12(16)8-19-14(10(2)18-15(9)19)11-3-5-13(17)6-4-11/h3-8H,1-2H3. The average molecular weight is 336 g/mol. The van der Waals surface area contributed by atoms with Gasteiger partial charge in [0.15, 0.2) is 0 Å². The maximum atomic E-state index is 5.95. The summed E-state index contributed by atoms with van der Waals surface area (Å²) < 4.78 is 3.17. The molecule has 0 aliphatic heterocycles. The monoisotopic (exact) mass is 334 g/mol. The van der Waals surface area contributed by atoms with Crippen LogP contribution in [0.2, 0.25) is 5.02 Å². The molecule has 0 aliphatic rings. The predicted octanol–water partition coefficient (Wildman–Crippen LogP) is 5.03. The van der Waals surface area contributed by atoms with Gasteiger partial charge in [-0.15, -0.1) is 0 Å². The van der Waals surface area contributed by atoms with Gasteiger partial charge in [0.25, 0.3) is 0 Å². The van der Waals surface area contributed by atoms with E-state index < -0.39 is 0 Å². The van der Waals surface area contributed by atoms with E-state index in [9.17, 15) is 0 Å². The van der Waals surface area contributed by atoms with Crippen molar-refractivity contribution < 1.29 is 0 Å². The first-order valence-electron chi connectivity index (χ1n) is 5.97. The van der Waals surface area contributed by atoms with Crippen LogP contribution in [0.3, 0.4) is 0 Å². The van der Waals surface area contributed by atoms with Crippen LogP contribution in [0, 0.1) is 13.8 Å². The van der Waals surface area contributed by atoms with Crippen LogP contribution in [0.15, 0.2) is 41.0 Å². The number of hydrogen-bond donors (Lipinski definition) is 0. The summed E-state index contributed by atoms with van der Waals surface area (Å²) in [5.74, 6) is 0. The smallest absolute Gasteiger partial charge is 0.140 e. The number of fused-ring (bicyclic) bond motifs is 1. The Kier molecular flexibility index (Phi) is 3.11. The molecular formula is C15H12BrClN2. The van der Waals surface area contributed by atoms with Crippen LogP contribution in [0.25, 0.3) is 16.9 Å². The molecule has 0 amide bonds. The summed E-state index contributed by atoms with van der Waals surface area (Å²) in [7, 11) is 0. The molecular weight excluding hydrogens is 324 g/mol. The average Bonchev–Trinajstić information content (AvgIpc) is 2.67. The molecule has 0 N–H and O–H groups in total. The summed E-state index contributed by atoms with van der Waals surface area (Å²) in [5.41, 5.74) is 5.38. The molecule has 0 fully saturated rings. The van der Waals surface area contributed by atoms with Crippen molar-refractivity contribution in [1.29, 1.82) is 0 Å². The van der Waals surface area contributed by atoms with Crippen LogP contribution in [0.1, 0.15) is 11.3 Å². The minimum Gasteiger partial charge on any atom is -0.298 e. The van der Waals surface area contributed by atoms with Crippen molar-refractivity contribution in [2.75, 3.05) is 0 Å². The van der Waals surface area contributed by atoms with E-state index in [1.807, 2.05) is 37.4 Å². The fourth-order valence-corrected chi connectivity index (χ4v) is 3.01. The zero-order valence-electron chi connectivity index (χ0n) is 10.6. The van der Waals surface area contributed by atoms with Gasteiger partial charge in [-0.1, -0.05) is 23.7 Å². The Labute approximate surface area is 125 Å². The molecule has 0 unspecified atom stereocenters. The summed E-state index contributed by atoms with van der Waals surface area (Å²) in [6.45, 7) is 4.10. The van der Waals surface area contributed by atoms with Crippen molar-refractivity contribution >= 4 is 33.2 Å². The maximum Gasteiger partial charge on any atom is 0.140 e. The molecule has 1 aromatic carbocycles.